The Morgan fingerprint density at radius 1 is 1.48 bits per heavy atom. The number of ether oxygens (including phenoxy) is 1. The standard InChI is InChI=1S/C16H24FNO3/c1-4-16(15(19)20,18-12(2)3)9-6-10-21-14-8-5-7-13(17)11-14/h5,7-8,11-12,18H,4,6,9-10H2,1-3H3,(H,19,20). The minimum absolute atomic E-state index is 0.0881. The number of hydrogen-bond acceptors (Lipinski definition) is 3. The van der Waals surface area contributed by atoms with Crippen molar-refractivity contribution in [2.24, 2.45) is 0 Å². The zero-order valence-corrected chi connectivity index (χ0v) is 12.9. The number of carboxylic acids is 1. The number of rotatable bonds is 9. The maximum atomic E-state index is 13.0. The predicted octanol–water partition coefficient (Wildman–Crippen LogP) is 3.22. The molecule has 0 aliphatic carbocycles. The van der Waals surface area contributed by atoms with Gasteiger partial charge in [-0.25, -0.2) is 4.39 Å². The van der Waals surface area contributed by atoms with E-state index in [2.05, 4.69) is 5.32 Å². The molecule has 1 rings (SSSR count). The van der Waals surface area contributed by atoms with Gasteiger partial charge in [0.15, 0.2) is 0 Å². The lowest BCUT2D eigenvalue weighted by Crippen LogP contribution is -2.54. The van der Waals surface area contributed by atoms with E-state index in [-0.39, 0.29) is 11.9 Å². The van der Waals surface area contributed by atoms with Crippen LogP contribution in [-0.2, 0) is 4.79 Å². The van der Waals surface area contributed by atoms with Crippen LogP contribution in [0, 0.1) is 5.82 Å². The second kappa shape index (κ2) is 7.98. The van der Waals surface area contributed by atoms with Gasteiger partial charge in [-0.15, -0.1) is 0 Å². The van der Waals surface area contributed by atoms with Crippen LogP contribution in [-0.4, -0.2) is 29.3 Å². The summed E-state index contributed by atoms with van der Waals surface area (Å²) in [6, 6.07) is 6.02. The molecular weight excluding hydrogens is 273 g/mol. The van der Waals surface area contributed by atoms with Crippen LogP contribution in [0.3, 0.4) is 0 Å². The molecule has 0 aliphatic rings. The molecule has 1 unspecified atom stereocenters. The van der Waals surface area contributed by atoms with Crippen LogP contribution in [0.25, 0.3) is 0 Å². The summed E-state index contributed by atoms with van der Waals surface area (Å²) >= 11 is 0. The van der Waals surface area contributed by atoms with Crippen LogP contribution >= 0.6 is 0 Å². The van der Waals surface area contributed by atoms with Crippen LogP contribution in [0.5, 0.6) is 5.75 Å². The molecular formula is C16H24FNO3. The zero-order chi connectivity index (χ0) is 15.9. The van der Waals surface area contributed by atoms with Crippen LogP contribution in [0.4, 0.5) is 4.39 Å². The summed E-state index contributed by atoms with van der Waals surface area (Å²) in [6.45, 7) is 6.07. The molecule has 0 bridgehead atoms. The lowest BCUT2D eigenvalue weighted by atomic mass is 9.89. The molecule has 2 N–H and O–H groups in total. The van der Waals surface area contributed by atoms with Gasteiger partial charge in [0.25, 0.3) is 0 Å². The third-order valence-corrected chi connectivity index (χ3v) is 3.39. The van der Waals surface area contributed by atoms with Crippen LogP contribution in [0.15, 0.2) is 24.3 Å². The third-order valence-electron chi connectivity index (χ3n) is 3.39. The second-order valence-electron chi connectivity index (χ2n) is 5.45. The highest BCUT2D eigenvalue weighted by molar-refractivity contribution is 5.78. The van der Waals surface area contributed by atoms with Crippen molar-refractivity contribution in [3.63, 3.8) is 0 Å². The first-order valence-electron chi connectivity index (χ1n) is 7.29. The normalized spacial score (nSPS) is 14.0. The molecule has 0 spiro atoms. The number of carboxylic acid groups (broad SMARTS) is 1. The van der Waals surface area contributed by atoms with Gasteiger partial charge in [0.2, 0.25) is 0 Å². The van der Waals surface area contributed by atoms with E-state index in [4.69, 9.17) is 4.74 Å². The van der Waals surface area contributed by atoms with Gasteiger partial charge >= 0.3 is 5.97 Å². The Hall–Kier alpha value is -1.62. The van der Waals surface area contributed by atoms with Crippen molar-refractivity contribution in [1.82, 2.24) is 5.32 Å². The predicted molar refractivity (Wildman–Crippen MR) is 80.1 cm³/mol. The first kappa shape index (κ1) is 17.4. The number of aliphatic carboxylic acids is 1. The average molecular weight is 297 g/mol. The van der Waals surface area contributed by atoms with E-state index in [0.717, 1.165) is 0 Å². The van der Waals surface area contributed by atoms with Crippen molar-refractivity contribution in [3.05, 3.63) is 30.1 Å². The van der Waals surface area contributed by atoms with Gasteiger partial charge in [-0.05, 0) is 45.2 Å². The quantitative estimate of drug-likeness (QED) is 0.687. The minimum atomic E-state index is -0.931. The van der Waals surface area contributed by atoms with Gasteiger partial charge in [0, 0.05) is 12.1 Å². The number of carbonyl (C=O) groups is 1. The molecule has 1 aromatic rings. The van der Waals surface area contributed by atoms with Gasteiger partial charge in [-0.1, -0.05) is 13.0 Å². The van der Waals surface area contributed by atoms with E-state index in [1.54, 1.807) is 12.1 Å². The van der Waals surface area contributed by atoms with Crippen LogP contribution < -0.4 is 10.1 Å². The fourth-order valence-corrected chi connectivity index (χ4v) is 2.34. The molecule has 0 amide bonds. The molecule has 1 aromatic carbocycles. The molecule has 118 valence electrons. The second-order valence-corrected chi connectivity index (χ2v) is 5.45. The van der Waals surface area contributed by atoms with E-state index in [1.807, 2.05) is 20.8 Å². The summed E-state index contributed by atoms with van der Waals surface area (Å²) in [5.41, 5.74) is -0.931. The molecule has 5 heteroatoms. The fraction of sp³-hybridized carbons (Fsp3) is 0.562. The van der Waals surface area contributed by atoms with Crippen molar-refractivity contribution in [1.29, 1.82) is 0 Å². The van der Waals surface area contributed by atoms with Crippen LogP contribution in [0.1, 0.15) is 40.0 Å². The summed E-state index contributed by atoms with van der Waals surface area (Å²) in [6.07, 6.45) is 1.54. The SMILES string of the molecule is CCC(CCCOc1cccc(F)c1)(NC(C)C)C(=O)O. The number of hydrogen-bond donors (Lipinski definition) is 2. The largest absolute Gasteiger partial charge is 0.493 e. The molecule has 0 aromatic heterocycles. The zero-order valence-electron chi connectivity index (χ0n) is 12.9. The molecule has 0 aliphatic heterocycles. The third kappa shape index (κ3) is 5.34. The summed E-state index contributed by atoms with van der Waals surface area (Å²) in [5, 5.41) is 12.6. The van der Waals surface area contributed by atoms with Crippen molar-refractivity contribution >= 4 is 5.97 Å². The molecule has 0 heterocycles. The molecule has 1 atom stereocenters. The highest BCUT2D eigenvalue weighted by Crippen LogP contribution is 2.20. The highest BCUT2D eigenvalue weighted by Gasteiger charge is 2.36. The first-order valence-corrected chi connectivity index (χ1v) is 7.29. The van der Waals surface area contributed by atoms with Crippen molar-refractivity contribution in [2.75, 3.05) is 6.61 Å². The van der Waals surface area contributed by atoms with Crippen molar-refractivity contribution < 1.29 is 19.0 Å². The molecule has 0 saturated carbocycles. The Balaban J connectivity index is 2.52. The summed E-state index contributed by atoms with van der Waals surface area (Å²) in [4.78, 5) is 11.5. The first-order chi connectivity index (χ1) is 9.89. The Morgan fingerprint density at radius 3 is 2.71 bits per heavy atom. The Labute approximate surface area is 125 Å². The van der Waals surface area contributed by atoms with Gasteiger partial charge in [-0.3, -0.25) is 10.1 Å². The van der Waals surface area contributed by atoms with Crippen LogP contribution in [0.2, 0.25) is 0 Å². The average Bonchev–Trinajstić information content (AvgIpc) is 2.41. The molecule has 0 radical (unpaired) electrons. The Morgan fingerprint density at radius 2 is 2.19 bits per heavy atom. The lowest BCUT2D eigenvalue weighted by Gasteiger charge is -2.31. The Kier molecular flexibility index (Phi) is 6.62. The molecule has 21 heavy (non-hydrogen) atoms. The van der Waals surface area contributed by atoms with E-state index in [0.29, 0.717) is 31.6 Å². The topological polar surface area (TPSA) is 58.6 Å². The monoisotopic (exact) mass is 297 g/mol. The summed E-state index contributed by atoms with van der Waals surface area (Å²) in [7, 11) is 0. The van der Waals surface area contributed by atoms with Crippen molar-refractivity contribution in [2.45, 2.75) is 51.6 Å². The van der Waals surface area contributed by atoms with E-state index in [9.17, 15) is 14.3 Å². The molecule has 0 fully saturated rings. The fourth-order valence-electron chi connectivity index (χ4n) is 2.34. The van der Waals surface area contributed by atoms with E-state index in [1.165, 1.54) is 12.1 Å². The van der Waals surface area contributed by atoms with Gasteiger partial charge in [-0.2, -0.15) is 0 Å². The molecule has 4 nitrogen and oxygen atoms in total. The maximum absolute atomic E-state index is 13.0. The summed E-state index contributed by atoms with van der Waals surface area (Å²) < 4.78 is 18.5. The minimum Gasteiger partial charge on any atom is -0.493 e. The maximum Gasteiger partial charge on any atom is 0.323 e. The van der Waals surface area contributed by atoms with E-state index < -0.39 is 11.5 Å². The highest BCUT2D eigenvalue weighted by atomic mass is 19.1. The Bertz CT molecular complexity index is 465. The molecule has 0 saturated heterocycles. The van der Waals surface area contributed by atoms with Gasteiger partial charge in [0.1, 0.15) is 17.1 Å². The number of benzene rings is 1. The van der Waals surface area contributed by atoms with Gasteiger partial charge < -0.3 is 9.84 Å². The smallest absolute Gasteiger partial charge is 0.323 e. The lowest BCUT2D eigenvalue weighted by molar-refractivity contribution is -0.145. The number of halogens is 1. The number of nitrogens with one attached hydrogen (secondary N) is 1. The van der Waals surface area contributed by atoms with Gasteiger partial charge in [0.05, 0.1) is 6.61 Å². The van der Waals surface area contributed by atoms with Crippen molar-refractivity contribution in [3.8, 4) is 5.75 Å². The van der Waals surface area contributed by atoms with E-state index >= 15 is 0 Å². The summed E-state index contributed by atoms with van der Waals surface area (Å²) in [5.74, 6) is -0.726.